The molecule has 0 aliphatic carbocycles. The average Bonchev–Trinajstić information content (AvgIpc) is 2.08. The van der Waals surface area contributed by atoms with Gasteiger partial charge in [-0.05, 0) is 13.0 Å². The van der Waals surface area contributed by atoms with Gasteiger partial charge in [-0.1, -0.05) is 0 Å². The molecular weight excluding hydrogens is 163 g/mol. The maximum Gasteiger partial charge on any atom is 0.358 e. The Bertz CT molecular complexity index is 314. The second kappa shape index (κ2) is 3.27. The van der Waals surface area contributed by atoms with Gasteiger partial charge < -0.3 is 4.84 Å². The second-order valence-corrected chi connectivity index (χ2v) is 2.20. The summed E-state index contributed by atoms with van der Waals surface area (Å²) >= 11 is 0. The molecule has 0 fully saturated rings. The summed E-state index contributed by atoms with van der Waals surface area (Å²) in [5.41, 5.74) is 0.226. The molecule has 1 aromatic rings. The van der Waals surface area contributed by atoms with Crippen molar-refractivity contribution < 1.29 is 14.0 Å². The van der Waals surface area contributed by atoms with Crippen LogP contribution >= 0.6 is 0 Å². The molecule has 0 saturated heterocycles. The third kappa shape index (κ3) is 1.57. The molecule has 0 spiro atoms. The van der Waals surface area contributed by atoms with E-state index in [1.54, 1.807) is 0 Å². The molecule has 12 heavy (non-hydrogen) atoms. The fourth-order valence-corrected chi connectivity index (χ4v) is 0.686. The Hall–Kier alpha value is -1.49. The van der Waals surface area contributed by atoms with E-state index in [2.05, 4.69) is 15.7 Å². The number of hydrogen-bond donors (Lipinski definition) is 1. The standard InChI is InChI=1S/C7H7FN2O2/c1-4-6(8)2-5(3-10-4)7(11)12-9/h2-3H,9H2,1H3. The van der Waals surface area contributed by atoms with Crippen molar-refractivity contribution >= 4 is 5.97 Å². The van der Waals surface area contributed by atoms with Crippen molar-refractivity contribution in [1.29, 1.82) is 0 Å². The van der Waals surface area contributed by atoms with E-state index in [1.165, 1.54) is 13.1 Å². The highest BCUT2D eigenvalue weighted by atomic mass is 19.1. The molecule has 1 heterocycles. The summed E-state index contributed by atoms with van der Waals surface area (Å²) in [6.07, 6.45) is 1.20. The first-order valence-corrected chi connectivity index (χ1v) is 3.18. The van der Waals surface area contributed by atoms with Crippen molar-refractivity contribution in [3.63, 3.8) is 0 Å². The molecule has 0 aliphatic heterocycles. The summed E-state index contributed by atoms with van der Waals surface area (Å²) in [6, 6.07) is 1.03. The van der Waals surface area contributed by atoms with Crippen LogP contribution in [-0.4, -0.2) is 11.0 Å². The first-order valence-electron chi connectivity index (χ1n) is 3.18. The van der Waals surface area contributed by atoms with Crippen molar-refractivity contribution in [2.24, 2.45) is 5.90 Å². The SMILES string of the molecule is Cc1ncc(C(=O)ON)cc1F. The highest BCUT2D eigenvalue weighted by molar-refractivity contribution is 5.88. The van der Waals surface area contributed by atoms with E-state index in [0.717, 1.165) is 6.07 Å². The number of nitrogens with zero attached hydrogens (tertiary/aromatic N) is 1. The topological polar surface area (TPSA) is 65.2 Å². The minimum absolute atomic E-state index is 0.000556. The van der Waals surface area contributed by atoms with Crippen molar-refractivity contribution in [2.45, 2.75) is 6.92 Å². The first-order chi connectivity index (χ1) is 5.65. The van der Waals surface area contributed by atoms with Gasteiger partial charge in [-0.15, -0.1) is 0 Å². The summed E-state index contributed by atoms with van der Waals surface area (Å²) in [6.45, 7) is 1.49. The zero-order valence-corrected chi connectivity index (χ0v) is 6.37. The Morgan fingerprint density at radius 2 is 2.42 bits per heavy atom. The van der Waals surface area contributed by atoms with Crippen LogP contribution in [0.2, 0.25) is 0 Å². The maximum atomic E-state index is 12.8. The van der Waals surface area contributed by atoms with Gasteiger partial charge in [0.05, 0.1) is 11.3 Å². The monoisotopic (exact) mass is 170 g/mol. The van der Waals surface area contributed by atoms with Gasteiger partial charge in [0.1, 0.15) is 5.82 Å². The lowest BCUT2D eigenvalue weighted by Gasteiger charge is -1.98. The van der Waals surface area contributed by atoms with Gasteiger partial charge >= 0.3 is 5.97 Å². The summed E-state index contributed by atoms with van der Waals surface area (Å²) in [7, 11) is 0. The zero-order valence-electron chi connectivity index (χ0n) is 6.37. The fourth-order valence-electron chi connectivity index (χ4n) is 0.686. The number of aromatic nitrogens is 1. The molecular formula is C7H7FN2O2. The Balaban J connectivity index is 3.05. The van der Waals surface area contributed by atoms with Crippen LogP contribution in [0, 0.1) is 12.7 Å². The van der Waals surface area contributed by atoms with Gasteiger partial charge in [-0.25, -0.2) is 9.18 Å². The summed E-state index contributed by atoms with van der Waals surface area (Å²) in [5.74, 6) is 3.23. The molecule has 0 aliphatic rings. The number of pyridine rings is 1. The fraction of sp³-hybridized carbons (Fsp3) is 0.143. The number of nitrogens with two attached hydrogens (primary N) is 1. The second-order valence-electron chi connectivity index (χ2n) is 2.20. The van der Waals surface area contributed by atoms with Crippen LogP contribution in [0.5, 0.6) is 0 Å². The van der Waals surface area contributed by atoms with Crippen LogP contribution in [0.15, 0.2) is 12.3 Å². The molecule has 0 unspecified atom stereocenters. The number of aryl methyl sites for hydroxylation is 1. The normalized spacial score (nSPS) is 9.58. The highest BCUT2D eigenvalue weighted by Gasteiger charge is 2.08. The predicted octanol–water partition coefficient (Wildman–Crippen LogP) is 0.560. The van der Waals surface area contributed by atoms with Crippen LogP contribution in [0.25, 0.3) is 0 Å². The predicted molar refractivity (Wildman–Crippen MR) is 38.5 cm³/mol. The molecule has 0 radical (unpaired) electrons. The van der Waals surface area contributed by atoms with E-state index >= 15 is 0 Å². The van der Waals surface area contributed by atoms with E-state index in [9.17, 15) is 9.18 Å². The molecule has 0 aromatic carbocycles. The first kappa shape index (κ1) is 8.61. The summed E-state index contributed by atoms with van der Waals surface area (Å²) < 4.78 is 12.8. The third-order valence-corrected chi connectivity index (χ3v) is 1.37. The van der Waals surface area contributed by atoms with Gasteiger partial charge in [0.25, 0.3) is 0 Å². The van der Waals surface area contributed by atoms with Crippen molar-refractivity contribution in [1.82, 2.24) is 4.98 Å². The Morgan fingerprint density at radius 3 is 2.92 bits per heavy atom. The molecule has 0 saturated carbocycles. The van der Waals surface area contributed by atoms with Crippen LogP contribution in [0.3, 0.4) is 0 Å². The molecule has 0 bridgehead atoms. The van der Waals surface area contributed by atoms with Gasteiger partial charge in [-0.2, -0.15) is 5.90 Å². The Morgan fingerprint density at radius 1 is 1.75 bits per heavy atom. The number of carbonyl (C=O) groups excluding carboxylic acids is 1. The molecule has 1 rings (SSSR count). The summed E-state index contributed by atoms with van der Waals surface area (Å²) in [4.78, 5) is 18.2. The van der Waals surface area contributed by atoms with Crippen LogP contribution < -0.4 is 5.90 Å². The lowest BCUT2D eigenvalue weighted by molar-refractivity contribution is 0.0502. The van der Waals surface area contributed by atoms with Crippen molar-refractivity contribution in [2.75, 3.05) is 0 Å². The lowest BCUT2D eigenvalue weighted by atomic mass is 10.2. The molecule has 5 heteroatoms. The van der Waals surface area contributed by atoms with Gasteiger partial charge in [0, 0.05) is 6.20 Å². The minimum Gasteiger partial charge on any atom is -0.370 e. The number of carbonyl (C=O) groups is 1. The van der Waals surface area contributed by atoms with Crippen LogP contribution in [0.4, 0.5) is 4.39 Å². The maximum absolute atomic E-state index is 12.8. The minimum atomic E-state index is -0.804. The van der Waals surface area contributed by atoms with E-state index in [0.29, 0.717) is 0 Å². The Kier molecular flexibility index (Phi) is 2.35. The van der Waals surface area contributed by atoms with Crippen LogP contribution in [0.1, 0.15) is 16.1 Å². The quantitative estimate of drug-likeness (QED) is 0.625. The van der Waals surface area contributed by atoms with Gasteiger partial charge in [0.2, 0.25) is 0 Å². The molecule has 0 amide bonds. The zero-order chi connectivity index (χ0) is 9.14. The smallest absolute Gasteiger partial charge is 0.358 e. The largest absolute Gasteiger partial charge is 0.370 e. The highest BCUT2D eigenvalue weighted by Crippen LogP contribution is 2.05. The molecule has 4 nitrogen and oxygen atoms in total. The number of halogens is 1. The Labute approximate surface area is 68.1 Å². The van der Waals surface area contributed by atoms with E-state index in [1.807, 2.05) is 0 Å². The van der Waals surface area contributed by atoms with Gasteiger partial charge in [-0.3, -0.25) is 4.98 Å². The molecule has 2 N–H and O–H groups in total. The molecule has 0 atom stereocenters. The third-order valence-electron chi connectivity index (χ3n) is 1.37. The number of hydrogen-bond acceptors (Lipinski definition) is 4. The van der Waals surface area contributed by atoms with Crippen LogP contribution in [-0.2, 0) is 4.84 Å². The van der Waals surface area contributed by atoms with E-state index in [4.69, 9.17) is 0 Å². The molecule has 64 valence electrons. The van der Waals surface area contributed by atoms with E-state index < -0.39 is 11.8 Å². The summed E-state index contributed by atoms with van der Waals surface area (Å²) in [5, 5.41) is 0. The number of rotatable bonds is 1. The van der Waals surface area contributed by atoms with E-state index in [-0.39, 0.29) is 11.3 Å². The molecule has 1 aromatic heterocycles. The lowest BCUT2D eigenvalue weighted by Crippen LogP contribution is -2.11. The van der Waals surface area contributed by atoms with Crippen molar-refractivity contribution in [3.8, 4) is 0 Å². The van der Waals surface area contributed by atoms with Crippen molar-refractivity contribution in [3.05, 3.63) is 29.3 Å². The average molecular weight is 170 g/mol. The van der Waals surface area contributed by atoms with Gasteiger partial charge in [0.15, 0.2) is 0 Å².